The lowest BCUT2D eigenvalue weighted by atomic mass is 10.1. The minimum absolute atomic E-state index is 0.277. The third-order valence-corrected chi connectivity index (χ3v) is 3.22. The summed E-state index contributed by atoms with van der Waals surface area (Å²) in [6.45, 7) is 6.40. The maximum Gasteiger partial charge on any atom is 0.0950 e. The van der Waals surface area contributed by atoms with Gasteiger partial charge in [0.2, 0.25) is 0 Å². The molecule has 1 aromatic carbocycles. The van der Waals surface area contributed by atoms with Crippen LogP contribution in [-0.4, -0.2) is 6.61 Å². The van der Waals surface area contributed by atoms with Crippen LogP contribution in [0.4, 0.5) is 0 Å². The summed E-state index contributed by atoms with van der Waals surface area (Å²) in [6, 6.07) is 10.6. The molecule has 0 aliphatic carbocycles. The van der Waals surface area contributed by atoms with Gasteiger partial charge in [0.25, 0.3) is 0 Å². The molecule has 1 atom stereocenters. The van der Waals surface area contributed by atoms with E-state index in [9.17, 15) is 0 Å². The number of nitrogens with one attached hydrogen (secondary N) is 1. The van der Waals surface area contributed by atoms with E-state index in [2.05, 4.69) is 36.5 Å². The van der Waals surface area contributed by atoms with E-state index in [4.69, 9.17) is 9.15 Å². The fourth-order valence-corrected chi connectivity index (χ4v) is 1.99. The predicted octanol–water partition coefficient (Wildman–Crippen LogP) is 3.67. The number of benzene rings is 1. The summed E-state index contributed by atoms with van der Waals surface area (Å²) in [5, 5.41) is 3.50. The largest absolute Gasteiger partial charge is 0.472 e. The minimum atomic E-state index is 0.277. The lowest BCUT2D eigenvalue weighted by Crippen LogP contribution is -2.18. The smallest absolute Gasteiger partial charge is 0.0950 e. The second-order valence-electron chi connectivity index (χ2n) is 4.57. The molecule has 0 saturated heterocycles. The first kappa shape index (κ1) is 13.8. The Bertz CT molecular complexity index is 479. The van der Waals surface area contributed by atoms with Crippen LogP contribution in [-0.2, 0) is 17.9 Å². The Morgan fingerprint density at radius 1 is 1.21 bits per heavy atom. The van der Waals surface area contributed by atoms with Gasteiger partial charge in [-0.2, -0.15) is 0 Å². The normalized spacial score (nSPS) is 12.5. The van der Waals surface area contributed by atoms with Gasteiger partial charge in [0.15, 0.2) is 0 Å². The van der Waals surface area contributed by atoms with E-state index in [1.165, 1.54) is 16.7 Å². The van der Waals surface area contributed by atoms with Crippen LogP contribution in [0.15, 0.2) is 47.3 Å². The summed E-state index contributed by atoms with van der Waals surface area (Å²) in [5.41, 5.74) is 3.70. The number of hydrogen-bond donors (Lipinski definition) is 1. The molecule has 0 saturated carbocycles. The molecule has 1 N–H and O–H groups in total. The highest BCUT2D eigenvalue weighted by molar-refractivity contribution is 5.26. The van der Waals surface area contributed by atoms with E-state index in [1.54, 1.807) is 12.5 Å². The zero-order valence-electron chi connectivity index (χ0n) is 11.6. The third-order valence-electron chi connectivity index (χ3n) is 3.22. The van der Waals surface area contributed by atoms with Gasteiger partial charge in [-0.25, -0.2) is 0 Å². The standard InChI is InChI=1S/C16H21NO2/c1-3-18-12-16-7-5-4-6-14(16)10-17-13(2)15-8-9-19-11-15/h4-9,11,13,17H,3,10,12H2,1-2H3. The van der Waals surface area contributed by atoms with Gasteiger partial charge >= 0.3 is 0 Å². The lowest BCUT2D eigenvalue weighted by molar-refractivity contribution is 0.133. The topological polar surface area (TPSA) is 34.4 Å². The van der Waals surface area contributed by atoms with Crippen molar-refractivity contribution in [2.75, 3.05) is 6.61 Å². The first-order valence-electron chi connectivity index (χ1n) is 6.71. The monoisotopic (exact) mass is 259 g/mol. The molecule has 0 bridgehead atoms. The number of hydrogen-bond acceptors (Lipinski definition) is 3. The van der Waals surface area contributed by atoms with Gasteiger partial charge in [-0.1, -0.05) is 24.3 Å². The van der Waals surface area contributed by atoms with Crippen molar-refractivity contribution in [3.8, 4) is 0 Å². The van der Waals surface area contributed by atoms with Crippen molar-refractivity contribution in [2.24, 2.45) is 0 Å². The second-order valence-corrected chi connectivity index (χ2v) is 4.57. The highest BCUT2D eigenvalue weighted by atomic mass is 16.5. The Labute approximate surface area is 114 Å². The van der Waals surface area contributed by atoms with Crippen LogP contribution in [0.3, 0.4) is 0 Å². The van der Waals surface area contributed by atoms with E-state index in [0.29, 0.717) is 6.61 Å². The molecule has 0 radical (unpaired) electrons. The Hall–Kier alpha value is -1.58. The molecule has 3 heteroatoms. The summed E-state index contributed by atoms with van der Waals surface area (Å²) < 4.78 is 10.6. The second kappa shape index (κ2) is 7.12. The maximum atomic E-state index is 5.50. The fraction of sp³-hybridized carbons (Fsp3) is 0.375. The fourth-order valence-electron chi connectivity index (χ4n) is 1.99. The maximum absolute atomic E-state index is 5.50. The molecule has 1 heterocycles. The van der Waals surface area contributed by atoms with Crippen molar-refractivity contribution in [3.05, 3.63) is 59.5 Å². The van der Waals surface area contributed by atoms with Gasteiger partial charge in [0.1, 0.15) is 0 Å². The number of rotatable bonds is 7. The molecule has 0 fully saturated rings. The van der Waals surface area contributed by atoms with E-state index in [0.717, 1.165) is 13.2 Å². The number of ether oxygens (including phenoxy) is 1. The van der Waals surface area contributed by atoms with Crippen molar-refractivity contribution < 1.29 is 9.15 Å². The quantitative estimate of drug-likeness (QED) is 0.824. The van der Waals surface area contributed by atoms with Gasteiger partial charge in [0.05, 0.1) is 19.1 Å². The van der Waals surface area contributed by atoms with Crippen molar-refractivity contribution in [3.63, 3.8) is 0 Å². The van der Waals surface area contributed by atoms with Crippen LogP contribution in [0.5, 0.6) is 0 Å². The Morgan fingerprint density at radius 3 is 2.68 bits per heavy atom. The van der Waals surface area contributed by atoms with Gasteiger partial charge < -0.3 is 14.5 Å². The Morgan fingerprint density at radius 2 is 2.00 bits per heavy atom. The summed E-state index contributed by atoms with van der Waals surface area (Å²) in [5.74, 6) is 0. The summed E-state index contributed by atoms with van der Waals surface area (Å²) in [7, 11) is 0. The van der Waals surface area contributed by atoms with Crippen molar-refractivity contribution in [1.82, 2.24) is 5.32 Å². The average molecular weight is 259 g/mol. The van der Waals surface area contributed by atoms with Gasteiger partial charge in [0, 0.05) is 24.8 Å². The van der Waals surface area contributed by atoms with Gasteiger partial charge in [-0.15, -0.1) is 0 Å². The first-order valence-corrected chi connectivity index (χ1v) is 6.71. The zero-order chi connectivity index (χ0) is 13.5. The molecule has 1 aromatic heterocycles. The van der Waals surface area contributed by atoms with E-state index >= 15 is 0 Å². The molecule has 3 nitrogen and oxygen atoms in total. The van der Waals surface area contributed by atoms with Crippen molar-refractivity contribution in [1.29, 1.82) is 0 Å². The molecule has 102 valence electrons. The van der Waals surface area contributed by atoms with Crippen LogP contribution >= 0.6 is 0 Å². The number of furan rings is 1. The van der Waals surface area contributed by atoms with Crippen LogP contribution in [0, 0.1) is 0 Å². The van der Waals surface area contributed by atoms with E-state index in [-0.39, 0.29) is 6.04 Å². The van der Waals surface area contributed by atoms with Crippen LogP contribution in [0.2, 0.25) is 0 Å². The summed E-state index contributed by atoms with van der Waals surface area (Å²) >= 11 is 0. The summed E-state index contributed by atoms with van der Waals surface area (Å²) in [4.78, 5) is 0. The van der Waals surface area contributed by atoms with Crippen LogP contribution in [0.25, 0.3) is 0 Å². The Kier molecular flexibility index (Phi) is 5.19. The van der Waals surface area contributed by atoms with Gasteiger partial charge in [-0.05, 0) is 31.0 Å². The molecule has 2 rings (SSSR count). The van der Waals surface area contributed by atoms with Crippen LogP contribution in [0.1, 0.15) is 36.6 Å². The molecular weight excluding hydrogens is 238 g/mol. The molecule has 19 heavy (non-hydrogen) atoms. The van der Waals surface area contributed by atoms with Crippen LogP contribution < -0.4 is 5.32 Å². The Balaban J connectivity index is 1.95. The highest BCUT2D eigenvalue weighted by Crippen LogP contribution is 2.15. The highest BCUT2D eigenvalue weighted by Gasteiger charge is 2.07. The molecule has 0 aliphatic heterocycles. The SMILES string of the molecule is CCOCc1ccccc1CNC(C)c1ccoc1. The van der Waals surface area contributed by atoms with E-state index < -0.39 is 0 Å². The predicted molar refractivity (Wildman–Crippen MR) is 75.7 cm³/mol. The third kappa shape index (κ3) is 3.94. The zero-order valence-corrected chi connectivity index (χ0v) is 11.6. The minimum Gasteiger partial charge on any atom is -0.472 e. The molecule has 0 amide bonds. The molecule has 0 aliphatic rings. The summed E-state index contributed by atoms with van der Waals surface area (Å²) in [6.07, 6.45) is 3.49. The van der Waals surface area contributed by atoms with Crippen molar-refractivity contribution >= 4 is 0 Å². The average Bonchev–Trinajstić information content (AvgIpc) is 2.97. The molecule has 1 unspecified atom stereocenters. The molecule has 0 spiro atoms. The van der Waals surface area contributed by atoms with Gasteiger partial charge in [-0.3, -0.25) is 0 Å². The van der Waals surface area contributed by atoms with Crippen molar-refractivity contribution in [2.45, 2.75) is 33.0 Å². The molecular formula is C16H21NO2. The molecule has 2 aromatic rings. The first-order chi connectivity index (χ1) is 9.31. The lowest BCUT2D eigenvalue weighted by Gasteiger charge is -2.14. The van der Waals surface area contributed by atoms with E-state index in [1.807, 2.05) is 13.0 Å².